The molecule has 1 amide bonds. The SMILES string of the molecule is COc1ccccc1C(=O)Nc1ccc2c(-c3cccc(F)c3)c(N)n(CC3CCCO3)c(=O)c2c1. The van der Waals surface area contributed by atoms with Gasteiger partial charge in [-0.15, -0.1) is 0 Å². The monoisotopic (exact) mass is 487 g/mol. The van der Waals surface area contributed by atoms with Gasteiger partial charge in [-0.2, -0.15) is 0 Å². The number of nitrogens with two attached hydrogens (primary N) is 1. The van der Waals surface area contributed by atoms with Crippen molar-refractivity contribution in [2.45, 2.75) is 25.5 Å². The zero-order valence-electron chi connectivity index (χ0n) is 19.8. The molecule has 0 aliphatic carbocycles. The largest absolute Gasteiger partial charge is 0.496 e. The predicted molar refractivity (Wildman–Crippen MR) is 138 cm³/mol. The van der Waals surface area contributed by atoms with Gasteiger partial charge in [0.05, 0.1) is 25.3 Å². The van der Waals surface area contributed by atoms with E-state index in [9.17, 15) is 14.0 Å². The van der Waals surface area contributed by atoms with Crippen LogP contribution in [0.3, 0.4) is 0 Å². The minimum absolute atomic E-state index is 0.128. The van der Waals surface area contributed by atoms with Gasteiger partial charge >= 0.3 is 0 Å². The minimum Gasteiger partial charge on any atom is -0.496 e. The van der Waals surface area contributed by atoms with Crippen molar-refractivity contribution in [2.75, 3.05) is 24.8 Å². The molecule has 1 fully saturated rings. The van der Waals surface area contributed by atoms with Gasteiger partial charge in [-0.05, 0) is 60.2 Å². The highest BCUT2D eigenvalue weighted by atomic mass is 19.1. The topological polar surface area (TPSA) is 95.6 Å². The second kappa shape index (κ2) is 9.83. The summed E-state index contributed by atoms with van der Waals surface area (Å²) in [5, 5.41) is 3.78. The number of rotatable bonds is 6. The third-order valence-electron chi connectivity index (χ3n) is 6.44. The zero-order chi connectivity index (χ0) is 25.2. The molecule has 36 heavy (non-hydrogen) atoms. The first-order valence-corrected chi connectivity index (χ1v) is 11.7. The molecule has 8 heteroatoms. The fourth-order valence-electron chi connectivity index (χ4n) is 4.70. The summed E-state index contributed by atoms with van der Waals surface area (Å²) >= 11 is 0. The Morgan fingerprint density at radius 3 is 2.72 bits per heavy atom. The number of nitrogens with one attached hydrogen (secondary N) is 1. The Bertz CT molecular complexity index is 1510. The fraction of sp³-hybridized carbons (Fsp3) is 0.214. The van der Waals surface area contributed by atoms with Crippen molar-refractivity contribution in [3.05, 3.63) is 88.5 Å². The molecule has 0 bridgehead atoms. The quantitative estimate of drug-likeness (QED) is 0.406. The number of pyridine rings is 1. The van der Waals surface area contributed by atoms with Crippen LogP contribution in [-0.4, -0.2) is 30.3 Å². The molecule has 184 valence electrons. The van der Waals surface area contributed by atoms with E-state index in [1.165, 1.54) is 23.8 Å². The van der Waals surface area contributed by atoms with Crippen LogP contribution in [0.2, 0.25) is 0 Å². The number of anilines is 2. The summed E-state index contributed by atoms with van der Waals surface area (Å²) in [5.41, 5.74) is 8.17. The van der Waals surface area contributed by atoms with E-state index >= 15 is 0 Å². The number of aromatic nitrogens is 1. The Balaban J connectivity index is 1.63. The number of nitrogens with zero attached hydrogens (tertiary/aromatic N) is 1. The number of amides is 1. The van der Waals surface area contributed by atoms with Gasteiger partial charge in [0.25, 0.3) is 11.5 Å². The number of fused-ring (bicyclic) bond motifs is 1. The van der Waals surface area contributed by atoms with E-state index in [-0.39, 0.29) is 23.4 Å². The Morgan fingerprint density at radius 2 is 1.97 bits per heavy atom. The van der Waals surface area contributed by atoms with Crippen LogP contribution >= 0.6 is 0 Å². The molecule has 0 saturated carbocycles. The third kappa shape index (κ3) is 4.43. The summed E-state index contributed by atoms with van der Waals surface area (Å²) in [4.78, 5) is 26.6. The highest BCUT2D eigenvalue weighted by Crippen LogP contribution is 2.34. The van der Waals surface area contributed by atoms with Crippen LogP contribution in [0, 0.1) is 5.82 Å². The van der Waals surface area contributed by atoms with E-state index in [1.807, 2.05) is 0 Å². The molecule has 1 aliphatic heterocycles. The average Bonchev–Trinajstić information content (AvgIpc) is 3.40. The number of nitrogen functional groups attached to an aromatic ring is 1. The maximum Gasteiger partial charge on any atom is 0.260 e. The first-order chi connectivity index (χ1) is 17.5. The van der Waals surface area contributed by atoms with Gasteiger partial charge in [-0.1, -0.05) is 30.3 Å². The van der Waals surface area contributed by atoms with Gasteiger partial charge < -0.3 is 20.5 Å². The molecule has 1 atom stereocenters. The van der Waals surface area contributed by atoms with Gasteiger partial charge in [-0.25, -0.2) is 4.39 Å². The van der Waals surface area contributed by atoms with Gasteiger partial charge in [-0.3, -0.25) is 14.2 Å². The summed E-state index contributed by atoms with van der Waals surface area (Å²) in [5.74, 6) is -0.0832. The number of carbonyl (C=O) groups is 1. The maximum atomic E-state index is 14.1. The molecule has 1 aliphatic rings. The molecule has 3 N–H and O–H groups in total. The molecule has 7 nitrogen and oxygen atoms in total. The van der Waals surface area contributed by atoms with E-state index in [0.717, 1.165) is 12.8 Å². The highest BCUT2D eigenvalue weighted by Gasteiger charge is 2.22. The molecule has 4 aromatic rings. The number of halogens is 1. The van der Waals surface area contributed by atoms with Crippen LogP contribution in [0.5, 0.6) is 5.75 Å². The second-order valence-electron chi connectivity index (χ2n) is 8.74. The number of carbonyl (C=O) groups excluding carboxylic acids is 1. The van der Waals surface area contributed by atoms with Crippen molar-refractivity contribution in [2.24, 2.45) is 0 Å². The molecule has 0 radical (unpaired) electrons. The van der Waals surface area contributed by atoms with Crippen LogP contribution < -0.4 is 21.3 Å². The zero-order valence-corrected chi connectivity index (χ0v) is 19.8. The summed E-state index contributed by atoms with van der Waals surface area (Å²) in [6.07, 6.45) is 1.62. The number of benzene rings is 3. The standard InChI is InChI=1S/C28H26FN3O4/c1-35-24-10-3-2-9-22(24)27(33)31-19-11-12-21-23(15-19)28(34)32(16-20-8-5-13-36-20)26(30)25(21)17-6-4-7-18(29)14-17/h2-4,6-7,9-12,14-15,20H,5,8,13,16,30H2,1H3,(H,31,33). The number of ether oxygens (including phenoxy) is 2. The maximum absolute atomic E-state index is 14.1. The van der Waals surface area contributed by atoms with Crippen molar-refractivity contribution in [1.82, 2.24) is 4.57 Å². The Hall–Kier alpha value is -4.17. The first-order valence-electron chi connectivity index (χ1n) is 11.7. The van der Waals surface area contributed by atoms with E-state index < -0.39 is 5.82 Å². The van der Waals surface area contributed by atoms with Gasteiger partial charge in [0.1, 0.15) is 17.4 Å². The van der Waals surface area contributed by atoms with E-state index in [1.54, 1.807) is 54.6 Å². The van der Waals surface area contributed by atoms with Gasteiger partial charge in [0.15, 0.2) is 0 Å². The normalized spacial score (nSPS) is 15.2. The summed E-state index contributed by atoms with van der Waals surface area (Å²) in [7, 11) is 1.50. The number of methoxy groups -OCH3 is 1. The molecular weight excluding hydrogens is 461 g/mol. The minimum atomic E-state index is -0.405. The van der Waals surface area contributed by atoms with Crippen LogP contribution in [0.4, 0.5) is 15.9 Å². The van der Waals surface area contributed by atoms with E-state index in [4.69, 9.17) is 15.2 Å². The number of hydrogen-bond donors (Lipinski definition) is 2. The van der Waals surface area contributed by atoms with E-state index in [2.05, 4.69) is 5.32 Å². The van der Waals surface area contributed by atoms with Crippen LogP contribution in [0.15, 0.2) is 71.5 Å². The molecule has 1 unspecified atom stereocenters. The van der Waals surface area contributed by atoms with Crippen molar-refractivity contribution in [3.8, 4) is 16.9 Å². The smallest absolute Gasteiger partial charge is 0.260 e. The summed E-state index contributed by atoms with van der Waals surface area (Å²) < 4.78 is 26.7. The van der Waals surface area contributed by atoms with Crippen molar-refractivity contribution < 1.29 is 18.7 Å². The van der Waals surface area contributed by atoms with Crippen LogP contribution in [-0.2, 0) is 11.3 Å². The average molecular weight is 488 g/mol. The first kappa shape index (κ1) is 23.6. The van der Waals surface area contributed by atoms with Gasteiger partial charge in [0.2, 0.25) is 0 Å². The molecule has 1 saturated heterocycles. The third-order valence-corrected chi connectivity index (χ3v) is 6.44. The van der Waals surface area contributed by atoms with Crippen molar-refractivity contribution in [3.63, 3.8) is 0 Å². The molecule has 0 spiro atoms. The van der Waals surface area contributed by atoms with Crippen molar-refractivity contribution >= 4 is 28.2 Å². The van der Waals surface area contributed by atoms with Crippen LogP contribution in [0.1, 0.15) is 23.2 Å². The molecule has 2 heterocycles. The Labute approximate surface area is 207 Å². The number of hydrogen-bond acceptors (Lipinski definition) is 5. The lowest BCUT2D eigenvalue weighted by Gasteiger charge is -2.20. The lowest BCUT2D eigenvalue weighted by atomic mass is 9.98. The summed E-state index contributed by atoms with van der Waals surface area (Å²) in [6.45, 7) is 0.934. The van der Waals surface area contributed by atoms with Gasteiger partial charge in [0, 0.05) is 23.2 Å². The number of para-hydroxylation sites is 1. The van der Waals surface area contributed by atoms with Crippen molar-refractivity contribution in [1.29, 1.82) is 0 Å². The highest BCUT2D eigenvalue weighted by molar-refractivity contribution is 6.08. The Morgan fingerprint density at radius 1 is 1.14 bits per heavy atom. The Kier molecular flexibility index (Phi) is 6.43. The summed E-state index contributed by atoms with van der Waals surface area (Å²) in [6, 6.07) is 18.0. The lowest BCUT2D eigenvalue weighted by Crippen LogP contribution is -2.29. The predicted octanol–water partition coefficient (Wildman–Crippen LogP) is 4.83. The molecule has 5 rings (SSSR count). The van der Waals surface area contributed by atoms with E-state index in [0.29, 0.717) is 52.1 Å². The molecular formula is C28H26FN3O4. The lowest BCUT2D eigenvalue weighted by molar-refractivity contribution is 0.0968. The fourth-order valence-corrected chi connectivity index (χ4v) is 4.70. The second-order valence-corrected chi connectivity index (χ2v) is 8.74. The van der Waals surface area contributed by atoms with Crippen LogP contribution in [0.25, 0.3) is 21.9 Å². The molecule has 1 aromatic heterocycles. The molecule has 3 aromatic carbocycles.